The summed E-state index contributed by atoms with van der Waals surface area (Å²) >= 11 is 3.30. The Kier molecular flexibility index (Phi) is 3.86. The monoisotopic (exact) mass is 311 g/mol. The van der Waals surface area contributed by atoms with Crippen LogP contribution in [0.25, 0.3) is 0 Å². The van der Waals surface area contributed by atoms with Gasteiger partial charge in [0.25, 0.3) is 5.91 Å². The van der Waals surface area contributed by atoms with Gasteiger partial charge in [-0.3, -0.25) is 9.59 Å². The van der Waals surface area contributed by atoms with E-state index >= 15 is 0 Å². The summed E-state index contributed by atoms with van der Waals surface area (Å²) in [6, 6.07) is 1.75. The van der Waals surface area contributed by atoms with Crippen LogP contribution in [0.4, 0.5) is 0 Å². The van der Waals surface area contributed by atoms with E-state index < -0.39 is 0 Å². The fraction of sp³-hybridized carbons (Fsp3) is 0.333. The average molecular weight is 312 g/mol. The molecule has 1 N–H and O–H groups in total. The molecule has 0 atom stereocenters. The van der Waals surface area contributed by atoms with Gasteiger partial charge in [0.2, 0.25) is 5.91 Å². The number of aromatic nitrogens is 1. The summed E-state index contributed by atoms with van der Waals surface area (Å²) in [5.41, 5.74) is 0.561. The Hall–Kier alpha value is -1.56. The minimum absolute atomic E-state index is 0.0357. The van der Waals surface area contributed by atoms with Crippen molar-refractivity contribution < 1.29 is 9.59 Å². The number of carbonyl (C=O) groups is 2. The van der Waals surface area contributed by atoms with Crippen molar-refractivity contribution in [2.45, 2.75) is 0 Å². The zero-order valence-corrected chi connectivity index (χ0v) is 11.4. The van der Waals surface area contributed by atoms with E-state index in [1.54, 1.807) is 22.1 Å². The van der Waals surface area contributed by atoms with E-state index in [2.05, 4.69) is 27.5 Å². The van der Waals surface area contributed by atoms with Crippen molar-refractivity contribution in [3.8, 4) is 0 Å². The van der Waals surface area contributed by atoms with E-state index in [0.717, 1.165) is 4.47 Å². The van der Waals surface area contributed by atoms with Gasteiger partial charge in [0, 0.05) is 36.8 Å². The van der Waals surface area contributed by atoms with Gasteiger partial charge in [0.15, 0.2) is 0 Å². The highest BCUT2D eigenvalue weighted by Gasteiger charge is 2.24. The first-order chi connectivity index (χ1) is 8.61. The molecule has 18 heavy (non-hydrogen) atoms. The lowest BCUT2D eigenvalue weighted by Gasteiger charge is -2.34. The maximum absolute atomic E-state index is 12.1. The molecule has 1 aliphatic rings. The summed E-state index contributed by atoms with van der Waals surface area (Å²) in [5, 5.41) is 0. The first kappa shape index (κ1) is 12.9. The fourth-order valence-corrected chi connectivity index (χ4v) is 2.26. The number of H-pyrrole nitrogens is 1. The Morgan fingerprint density at radius 2 is 1.89 bits per heavy atom. The van der Waals surface area contributed by atoms with Crippen LogP contribution in [0.5, 0.6) is 0 Å². The Labute approximate surface area is 114 Å². The van der Waals surface area contributed by atoms with Crippen LogP contribution in [-0.4, -0.2) is 52.8 Å². The number of piperazine rings is 1. The van der Waals surface area contributed by atoms with E-state index in [4.69, 9.17) is 0 Å². The molecule has 6 heteroatoms. The lowest BCUT2D eigenvalue weighted by molar-refractivity contribution is -0.127. The van der Waals surface area contributed by atoms with E-state index in [-0.39, 0.29) is 11.8 Å². The van der Waals surface area contributed by atoms with Gasteiger partial charge in [-0.1, -0.05) is 6.58 Å². The van der Waals surface area contributed by atoms with E-state index in [9.17, 15) is 9.59 Å². The van der Waals surface area contributed by atoms with Crippen LogP contribution in [0, 0.1) is 0 Å². The molecule has 2 amide bonds. The van der Waals surface area contributed by atoms with Gasteiger partial charge in [-0.25, -0.2) is 0 Å². The van der Waals surface area contributed by atoms with Gasteiger partial charge in [0.05, 0.1) is 0 Å². The Balaban J connectivity index is 1.95. The number of amides is 2. The van der Waals surface area contributed by atoms with Crippen LogP contribution >= 0.6 is 15.9 Å². The second-order valence-corrected chi connectivity index (χ2v) is 4.97. The van der Waals surface area contributed by atoms with Crippen LogP contribution in [0.2, 0.25) is 0 Å². The number of hydrogen-bond donors (Lipinski definition) is 1. The largest absolute Gasteiger partial charge is 0.356 e. The van der Waals surface area contributed by atoms with Crippen LogP contribution in [-0.2, 0) is 4.79 Å². The maximum Gasteiger partial charge on any atom is 0.270 e. The minimum atomic E-state index is -0.0790. The number of nitrogens with one attached hydrogen (secondary N) is 1. The number of halogens is 1. The van der Waals surface area contributed by atoms with E-state index in [1.807, 2.05) is 0 Å². The van der Waals surface area contributed by atoms with Crippen LogP contribution in [0.1, 0.15) is 10.5 Å². The summed E-state index contributed by atoms with van der Waals surface area (Å²) in [7, 11) is 0. The third-order valence-corrected chi connectivity index (χ3v) is 3.39. The van der Waals surface area contributed by atoms with E-state index in [0.29, 0.717) is 31.9 Å². The van der Waals surface area contributed by atoms with Gasteiger partial charge in [0.1, 0.15) is 5.69 Å². The highest BCUT2D eigenvalue weighted by molar-refractivity contribution is 9.10. The third kappa shape index (κ3) is 2.64. The van der Waals surface area contributed by atoms with Crippen molar-refractivity contribution in [2.75, 3.05) is 26.2 Å². The van der Waals surface area contributed by atoms with Crippen LogP contribution < -0.4 is 0 Å². The number of nitrogens with zero attached hydrogens (tertiary/aromatic N) is 2. The minimum Gasteiger partial charge on any atom is -0.356 e. The molecule has 2 heterocycles. The SMILES string of the molecule is C=CC(=O)N1CCN(C(=O)c2cc(Br)c[nH]2)CC1. The lowest BCUT2D eigenvalue weighted by Crippen LogP contribution is -2.50. The molecule has 1 aromatic heterocycles. The summed E-state index contributed by atoms with van der Waals surface area (Å²) < 4.78 is 0.853. The summed E-state index contributed by atoms with van der Waals surface area (Å²) in [6.45, 7) is 5.67. The highest BCUT2D eigenvalue weighted by atomic mass is 79.9. The molecule has 0 saturated carbocycles. The predicted octanol–water partition coefficient (Wildman–Crippen LogP) is 1.25. The average Bonchev–Trinajstić information content (AvgIpc) is 2.84. The molecule has 0 bridgehead atoms. The smallest absolute Gasteiger partial charge is 0.270 e. The molecule has 0 unspecified atom stereocenters. The van der Waals surface area contributed by atoms with Crippen molar-refractivity contribution in [3.05, 3.63) is 35.1 Å². The van der Waals surface area contributed by atoms with Crippen LogP contribution in [0.15, 0.2) is 29.4 Å². The zero-order chi connectivity index (χ0) is 13.1. The first-order valence-electron chi connectivity index (χ1n) is 5.66. The standard InChI is InChI=1S/C12H14BrN3O2/c1-2-11(17)15-3-5-16(6-4-15)12(18)10-7-9(13)8-14-10/h2,7-8,14H,1,3-6H2. The molecule has 0 aliphatic carbocycles. The molecular formula is C12H14BrN3O2. The van der Waals surface area contributed by atoms with Crippen molar-refractivity contribution in [1.82, 2.24) is 14.8 Å². The van der Waals surface area contributed by atoms with Crippen molar-refractivity contribution in [2.24, 2.45) is 0 Å². The van der Waals surface area contributed by atoms with Gasteiger partial charge >= 0.3 is 0 Å². The summed E-state index contributed by atoms with van der Waals surface area (Å²) in [6.07, 6.45) is 3.03. The lowest BCUT2D eigenvalue weighted by atomic mass is 10.2. The van der Waals surface area contributed by atoms with Gasteiger partial charge in [-0.15, -0.1) is 0 Å². The van der Waals surface area contributed by atoms with E-state index in [1.165, 1.54) is 6.08 Å². The first-order valence-corrected chi connectivity index (χ1v) is 6.45. The zero-order valence-electron chi connectivity index (χ0n) is 9.86. The second-order valence-electron chi connectivity index (χ2n) is 4.05. The van der Waals surface area contributed by atoms with Crippen molar-refractivity contribution in [1.29, 1.82) is 0 Å². The Morgan fingerprint density at radius 3 is 2.39 bits per heavy atom. The Morgan fingerprint density at radius 1 is 1.28 bits per heavy atom. The molecule has 1 fully saturated rings. The molecule has 0 radical (unpaired) electrons. The van der Waals surface area contributed by atoms with Crippen molar-refractivity contribution in [3.63, 3.8) is 0 Å². The molecule has 0 aromatic carbocycles. The molecular weight excluding hydrogens is 298 g/mol. The molecule has 5 nitrogen and oxygen atoms in total. The van der Waals surface area contributed by atoms with Gasteiger partial charge < -0.3 is 14.8 Å². The molecule has 0 spiro atoms. The summed E-state index contributed by atoms with van der Waals surface area (Å²) in [4.78, 5) is 29.9. The molecule has 1 aromatic rings. The van der Waals surface area contributed by atoms with Crippen LogP contribution in [0.3, 0.4) is 0 Å². The number of rotatable bonds is 2. The third-order valence-electron chi connectivity index (χ3n) is 2.93. The molecule has 2 rings (SSSR count). The Bertz CT molecular complexity index is 475. The maximum atomic E-state index is 12.1. The number of aromatic amines is 1. The van der Waals surface area contributed by atoms with Crippen molar-refractivity contribution >= 4 is 27.7 Å². The second kappa shape index (κ2) is 5.39. The summed E-state index contributed by atoms with van der Waals surface area (Å²) in [5.74, 6) is -0.115. The molecule has 1 saturated heterocycles. The van der Waals surface area contributed by atoms with Gasteiger partial charge in [-0.05, 0) is 28.1 Å². The van der Waals surface area contributed by atoms with Gasteiger partial charge in [-0.2, -0.15) is 0 Å². The number of hydrogen-bond acceptors (Lipinski definition) is 2. The molecule has 1 aliphatic heterocycles. The predicted molar refractivity (Wildman–Crippen MR) is 71.2 cm³/mol. The quantitative estimate of drug-likeness (QED) is 0.836. The highest BCUT2D eigenvalue weighted by Crippen LogP contribution is 2.13. The number of carbonyl (C=O) groups excluding carboxylic acids is 2. The fourth-order valence-electron chi connectivity index (χ4n) is 1.92. The normalized spacial score (nSPS) is 15.6. The molecule has 96 valence electrons. The topological polar surface area (TPSA) is 56.4 Å².